The molecule has 0 atom stereocenters. The molecule has 0 fully saturated rings. The molecule has 32 heavy (non-hydrogen) atoms. The number of amides is 2. The number of benzene rings is 2. The van der Waals surface area contributed by atoms with Crippen LogP contribution in [0.25, 0.3) is 11.0 Å². The molecule has 3 rings (SSSR count). The molecule has 0 aliphatic rings. The van der Waals surface area contributed by atoms with Crippen molar-refractivity contribution in [2.75, 3.05) is 19.3 Å². The quantitative estimate of drug-likeness (QED) is 0.526. The summed E-state index contributed by atoms with van der Waals surface area (Å²) in [6, 6.07) is 12.9. The summed E-state index contributed by atoms with van der Waals surface area (Å²) in [6.45, 7) is 2.00. The lowest BCUT2D eigenvalue weighted by molar-refractivity contribution is -0.136. The van der Waals surface area contributed by atoms with E-state index < -0.39 is 9.84 Å². The Morgan fingerprint density at radius 1 is 1.12 bits per heavy atom. The van der Waals surface area contributed by atoms with Gasteiger partial charge in [0.15, 0.2) is 9.84 Å². The molecule has 2 amide bonds. The molecule has 1 aromatic heterocycles. The number of para-hydroxylation sites is 2. The Kier molecular flexibility index (Phi) is 7.24. The molecule has 1 heterocycles. The fraction of sp³-hybridized carbons (Fsp3) is 0.318. The highest BCUT2D eigenvalue weighted by Gasteiger charge is 2.21. The minimum atomic E-state index is -3.36. The highest BCUT2D eigenvalue weighted by molar-refractivity contribution is 7.89. The van der Waals surface area contributed by atoms with Gasteiger partial charge in [-0.05, 0) is 36.8 Å². The van der Waals surface area contributed by atoms with E-state index >= 15 is 0 Å². The summed E-state index contributed by atoms with van der Waals surface area (Å²) in [7, 11) is -3.36. The lowest BCUT2D eigenvalue weighted by Gasteiger charge is -2.21. The van der Waals surface area contributed by atoms with Crippen LogP contribution in [0, 0.1) is 5.82 Å². The fourth-order valence-corrected chi connectivity index (χ4v) is 3.98. The average Bonchev–Trinajstić information content (AvgIpc) is 3.06. The van der Waals surface area contributed by atoms with Gasteiger partial charge in [0.2, 0.25) is 11.8 Å². The lowest BCUT2D eigenvalue weighted by atomic mass is 10.2. The Labute approximate surface area is 186 Å². The van der Waals surface area contributed by atoms with Crippen LogP contribution < -0.4 is 5.32 Å². The van der Waals surface area contributed by atoms with Crippen molar-refractivity contribution in [3.05, 3.63) is 65.7 Å². The molecule has 0 unspecified atom stereocenters. The highest BCUT2D eigenvalue weighted by Crippen LogP contribution is 2.18. The van der Waals surface area contributed by atoms with Crippen LogP contribution in [-0.4, -0.2) is 54.0 Å². The average molecular weight is 461 g/mol. The second-order valence-corrected chi connectivity index (χ2v) is 9.62. The molecule has 3 aromatic rings. The molecule has 10 heteroatoms. The molecule has 170 valence electrons. The highest BCUT2D eigenvalue weighted by atomic mass is 32.2. The number of halogens is 1. The summed E-state index contributed by atoms with van der Waals surface area (Å²) in [6.07, 6.45) is 1.11. The van der Waals surface area contributed by atoms with Crippen molar-refractivity contribution in [1.82, 2.24) is 19.8 Å². The molecule has 2 aromatic carbocycles. The van der Waals surface area contributed by atoms with Gasteiger partial charge in [0, 0.05) is 19.3 Å². The van der Waals surface area contributed by atoms with E-state index in [1.54, 1.807) is 47.9 Å². The van der Waals surface area contributed by atoms with Crippen LogP contribution in [0.5, 0.6) is 0 Å². The van der Waals surface area contributed by atoms with Gasteiger partial charge in [0.1, 0.15) is 23.9 Å². The predicted molar refractivity (Wildman–Crippen MR) is 119 cm³/mol. The largest absolute Gasteiger partial charge is 0.350 e. The molecule has 8 nitrogen and oxygen atoms in total. The Balaban J connectivity index is 1.70. The number of nitrogens with one attached hydrogen (secondary N) is 1. The van der Waals surface area contributed by atoms with E-state index in [0.717, 1.165) is 11.8 Å². The number of imidazole rings is 1. The van der Waals surface area contributed by atoms with Crippen LogP contribution >= 0.6 is 0 Å². The minimum Gasteiger partial charge on any atom is -0.350 e. The van der Waals surface area contributed by atoms with E-state index in [4.69, 9.17) is 0 Å². The van der Waals surface area contributed by atoms with Gasteiger partial charge in [-0.15, -0.1) is 0 Å². The number of carbonyl (C=O) groups is 2. The van der Waals surface area contributed by atoms with Gasteiger partial charge >= 0.3 is 0 Å². The molecule has 0 spiro atoms. The SMILES string of the molecule is CCN(CC(=O)NCc1ccc(F)cc1)C(=O)Cn1c(CS(C)(=O)=O)nc2ccccc21. The molecule has 0 radical (unpaired) electrons. The van der Waals surface area contributed by atoms with Crippen LogP contribution in [0.1, 0.15) is 18.3 Å². The molecule has 0 saturated carbocycles. The predicted octanol–water partition coefficient (Wildman–Crippen LogP) is 1.88. The number of sulfone groups is 1. The first-order valence-electron chi connectivity index (χ1n) is 10.1. The first-order valence-corrected chi connectivity index (χ1v) is 12.1. The lowest BCUT2D eigenvalue weighted by Crippen LogP contribution is -2.42. The van der Waals surface area contributed by atoms with E-state index in [0.29, 0.717) is 17.6 Å². The molecule has 0 saturated heterocycles. The number of hydrogen-bond acceptors (Lipinski definition) is 5. The number of hydrogen-bond donors (Lipinski definition) is 1. The summed E-state index contributed by atoms with van der Waals surface area (Å²) in [5.74, 6) is -1.05. The normalized spacial score (nSPS) is 11.5. The first-order chi connectivity index (χ1) is 15.2. The second kappa shape index (κ2) is 9.90. The van der Waals surface area contributed by atoms with Crippen LogP contribution in [0.2, 0.25) is 0 Å². The van der Waals surface area contributed by atoms with E-state index in [1.165, 1.54) is 17.0 Å². The van der Waals surface area contributed by atoms with Gasteiger partial charge in [-0.2, -0.15) is 0 Å². The van der Waals surface area contributed by atoms with Crippen molar-refractivity contribution >= 4 is 32.7 Å². The van der Waals surface area contributed by atoms with Gasteiger partial charge in [0.25, 0.3) is 0 Å². The summed E-state index contributed by atoms with van der Waals surface area (Å²) in [5.41, 5.74) is 1.99. The number of fused-ring (bicyclic) bond motifs is 1. The Morgan fingerprint density at radius 2 is 1.81 bits per heavy atom. The van der Waals surface area contributed by atoms with E-state index in [1.807, 2.05) is 0 Å². The third-order valence-corrected chi connectivity index (χ3v) is 5.67. The van der Waals surface area contributed by atoms with Crippen molar-refractivity contribution in [1.29, 1.82) is 0 Å². The van der Waals surface area contributed by atoms with Crippen molar-refractivity contribution in [3.63, 3.8) is 0 Å². The number of carbonyl (C=O) groups excluding carboxylic acids is 2. The maximum absolute atomic E-state index is 13.0. The minimum absolute atomic E-state index is 0.134. The van der Waals surface area contributed by atoms with E-state index in [2.05, 4.69) is 10.3 Å². The van der Waals surface area contributed by atoms with E-state index in [9.17, 15) is 22.4 Å². The summed E-state index contributed by atoms with van der Waals surface area (Å²) in [5, 5.41) is 2.72. The topological polar surface area (TPSA) is 101 Å². The first kappa shape index (κ1) is 23.4. The Bertz CT molecular complexity index is 1220. The molecule has 1 N–H and O–H groups in total. The number of rotatable bonds is 9. The van der Waals surface area contributed by atoms with Gasteiger partial charge < -0.3 is 14.8 Å². The summed E-state index contributed by atoms with van der Waals surface area (Å²) < 4.78 is 38.2. The van der Waals surface area contributed by atoms with Crippen molar-refractivity contribution in [3.8, 4) is 0 Å². The van der Waals surface area contributed by atoms with Crippen LogP contribution in [0.15, 0.2) is 48.5 Å². The zero-order chi connectivity index (χ0) is 23.3. The summed E-state index contributed by atoms with van der Waals surface area (Å²) >= 11 is 0. The molecular weight excluding hydrogens is 435 g/mol. The molecule has 0 aliphatic heterocycles. The van der Waals surface area contributed by atoms with Gasteiger partial charge in [-0.3, -0.25) is 9.59 Å². The maximum atomic E-state index is 13.0. The van der Waals surface area contributed by atoms with Gasteiger partial charge in [0.05, 0.1) is 17.6 Å². The third-order valence-electron chi connectivity index (χ3n) is 4.89. The maximum Gasteiger partial charge on any atom is 0.243 e. The van der Waals surface area contributed by atoms with E-state index in [-0.39, 0.29) is 48.8 Å². The van der Waals surface area contributed by atoms with Crippen molar-refractivity contribution < 1.29 is 22.4 Å². The zero-order valence-corrected chi connectivity index (χ0v) is 18.7. The Morgan fingerprint density at radius 3 is 2.47 bits per heavy atom. The Hall–Kier alpha value is -3.27. The standard InChI is InChI=1S/C22H25FN4O4S/c1-3-26(13-21(28)24-12-16-8-10-17(23)11-9-16)22(29)14-27-19-7-5-4-6-18(19)25-20(27)15-32(2,30)31/h4-11H,3,12-15H2,1-2H3,(H,24,28). The molecule has 0 aliphatic carbocycles. The molecular formula is C22H25FN4O4S. The van der Waals surface area contributed by atoms with Crippen LogP contribution in [0.3, 0.4) is 0 Å². The molecule has 0 bridgehead atoms. The van der Waals surface area contributed by atoms with Crippen molar-refractivity contribution in [2.45, 2.75) is 25.8 Å². The van der Waals surface area contributed by atoms with Crippen molar-refractivity contribution in [2.24, 2.45) is 0 Å². The van der Waals surface area contributed by atoms with Gasteiger partial charge in [-0.1, -0.05) is 24.3 Å². The number of likely N-dealkylation sites (N-methyl/N-ethyl adjacent to an activating group) is 1. The third kappa shape index (κ3) is 6.13. The fourth-order valence-electron chi connectivity index (χ4n) is 3.29. The van der Waals surface area contributed by atoms with Gasteiger partial charge in [-0.25, -0.2) is 17.8 Å². The van der Waals surface area contributed by atoms with Crippen LogP contribution in [0.4, 0.5) is 4.39 Å². The van der Waals surface area contributed by atoms with Crippen LogP contribution in [-0.2, 0) is 38.3 Å². The monoisotopic (exact) mass is 460 g/mol. The number of aromatic nitrogens is 2. The zero-order valence-electron chi connectivity index (χ0n) is 17.9. The second-order valence-electron chi connectivity index (χ2n) is 7.48. The smallest absolute Gasteiger partial charge is 0.243 e. The summed E-state index contributed by atoms with van der Waals surface area (Å²) in [4.78, 5) is 31.1. The number of nitrogens with zero attached hydrogens (tertiary/aromatic N) is 3.